The number of aliphatic hydroxyl groups excluding tert-OH is 4. The van der Waals surface area contributed by atoms with E-state index in [1.165, 1.54) is 44.9 Å². The van der Waals surface area contributed by atoms with Crippen molar-refractivity contribution in [1.82, 2.24) is 0 Å². The second kappa shape index (κ2) is 12.2. The van der Waals surface area contributed by atoms with Crippen LogP contribution in [0.15, 0.2) is 0 Å². The van der Waals surface area contributed by atoms with Crippen LogP contribution in [0.5, 0.6) is 0 Å². The van der Waals surface area contributed by atoms with Crippen LogP contribution >= 0.6 is 0 Å². The van der Waals surface area contributed by atoms with Crippen molar-refractivity contribution in [1.29, 1.82) is 0 Å². The molecule has 6 atom stereocenters. The summed E-state index contributed by atoms with van der Waals surface area (Å²) in [7, 11) is 0. The number of aliphatic hydroxyl groups is 4. The fourth-order valence-corrected chi connectivity index (χ4v) is 3.34. The van der Waals surface area contributed by atoms with Crippen molar-refractivity contribution < 1.29 is 25.2 Å². The summed E-state index contributed by atoms with van der Waals surface area (Å²) < 4.78 is 5.49. The second-order valence-corrected chi connectivity index (χ2v) is 7.07. The maximum atomic E-state index is 10.0. The van der Waals surface area contributed by atoms with Crippen LogP contribution in [0.1, 0.15) is 71.1 Å². The number of hydrogen-bond acceptors (Lipinski definition) is 6. The molecule has 144 valence electrons. The number of hydrogen-bond donors (Lipinski definition) is 5. The van der Waals surface area contributed by atoms with E-state index in [0.29, 0.717) is 6.42 Å². The highest BCUT2D eigenvalue weighted by Crippen LogP contribution is 2.24. The number of ether oxygens (including phenoxy) is 1. The maximum absolute atomic E-state index is 10.0. The largest absolute Gasteiger partial charge is 0.394 e. The van der Waals surface area contributed by atoms with Gasteiger partial charge in [0, 0.05) is 6.04 Å². The Morgan fingerprint density at radius 2 is 1.38 bits per heavy atom. The lowest BCUT2D eigenvalue weighted by molar-refractivity contribution is -0.233. The highest BCUT2D eigenvalue weighted by Gasteiger charge is 2.45. The van der Waals surface area contributed by atoms with Crippen LogP contribution in [0.3, 0.4) is 0 Å². The summed E-state index contributed by atoms with van der Waals surface area (Å²) in [6, 6.07) is -0.416. The molecule has 1 saturated heterocycles. The van der Waals surface area contributed by atoms with Crippen LogP contribution in [0.25, 0.3) is 0 Å². The molecule has 1 aliphatic heterocycles. The van der Waals surface area contributed by atoms with Crippen molar-refractivity contribution in [3.8, 4) is 0 Å². The molecule has 1 aliphatic rings. The summed E-state index contributed by atoms with van der Waals surface area (Å²) in [5, 5.41) is 38.8. The minimum absolute atomic E-state index is 0.411. The van der Waals surface area contributed by atoms with Crippen molar-refractivity contribution in [2.75, 3.05) is 6.61 Å². The predicted octanol–water partition coefficient (Wildman–Crippen LogP) is 1.08. The maximum Gasteiger partial charge on any atom is 0.111 e. The van der Waals surface area contributed by atoms with Crippen LogP contribution < -0.4 is 5.73 Å². The molecule has 0 bridgehead atoms. The van der Waals surface area contributed by atoms with Gasteiger partial charge in [0.2, 0.25) is 0 Å². The SMILES string of the molecule is CCCCCCCCCCCC(N)C1O[C@H](CO)[C@@H](O)[C@H](O)[C@@H]1O. The van der Waals surface area contributed by atoms with Crippen molar-refractivity contribution in [2.24, 2.45) is 5.73 Å². The van der Waals surface area contributed by atoms with Gasteiger partial charge in [0.05, 0.1) is 6.61 Å². The smallest absolute Gasteiger partial charge is 0.111 e. The average Bonchev–Trinajstić information content (AvgIpc) is 2.58. The number of unbranched alkanes of at least 4 members (excludes halogenated alkanes) is 8. The van der Waals surface area contributed by atoms with E-state index in [-0.39, 0.29) is 0 Å². The quantitative estimate of drug-likeness (QED) is 0.337. The van der Waals surface area contributed by atoms with Gasteiger partial charge in [-0.25, -0.2) is 0 Å². The van der Waals surface area contributed by atoms with E-state index in [2.05, 4.69) is 6.92 Å². The van der Waals surface area contributed by atoms with Crippen LogP contribution in [-0.4, -0.2) is 63.6 Å². The predicted molar refractivity (Wildman–Crippen MR) is 93.6 cm³/mol. The Balaban J connectivity index is 2.19. The molecule has 0 radical (unpaired) electrons. The van der Waals surface area contributed by atoms with Crippen LogP contribution in [0.2, 0.25) is 0 Å². The van der Waals surface area contributed by atoms with E-state index in [1.54, 1.807) is 0 Å². The Morgan fingerprint density at radius 1 is 0.833 bits per heavy atom. The van der Waals surface area contributed by atoms with Gasteiger partial charge in [-0.15, -0.1) is 0 Å². The van der Waals surface area contributed by atoms with Gasteiger partial charge in [-0.2, -0.15) is 0 Å². The summed E-state index contributed by atoms with van der Waals surface area (Å²) in [4.78, 5) is 0. The first kappa shape index (κ1) is 21.8. The van der Waals surface area contributed by atoms with E-state index in [4.69, 9.17) is 10.5 Å². The normalized spacial score (nSPS) is 32.0. The van der Waals surface area contributed by atoms with E-state index in [9.17, 15) is 20.4 Å². The van der Waals surface area contributed by atoms with Crippen molar-refractivity contribution in [3.05, 3.63) is 0 Å². The zero-order valence-corrected chi connectivity index (χ0v) is 15.0. The Kier molecular flexibility index (Phi) is 11.1. The van der Waals surface area contributed by atoms with Gasteiger partial charge in [0.25, 0.3) is 0 Å². The molecule has 6 nitrogen and oxygen atoms in total. The third-order valence-corrected chi connectivity index (χ3v) is 4.99. The molecule has 0 aromatic carbocycles. The molecule has 0 amide bonds. The van der Waals surface area contributed by atoms with Gasteiger partial charge in [-0.05, 0) is 6.42 Å². The average molecular weight is 347 g/mol. The molecule has 6 N–H and O–H groups in total. The minimum atomic E-state index is -1.34. The molecule has 0 aromatic rings. The van der Waals surface area contributed by atoms with Gasteiger partial charge >= 0.3 is 0 Å². The van der Waals surface area contributed by atoms with Crippen molar-refractivity contribution in [3.63, 3.8) is 0 Å². The molecule has 2 unspecified atom stereocenters. The van der Waals surface area contributed by atoms with Crippen molar-refractivity contribution >= 4 is 0 Å². The van der Waals surface area contributed by atoms with Crippen LogP contribution in [0, 0.1) is 0 Å². The molecule has 0 aliphatic carbocycles. The first-order chi connectivity index (χ1) is 11.5. The molecule has 0 spiro atoms. The summed E-state index contributed by atoms with van der Waals surface area (Å²) in [5.41, 5.74) is 6.10. The fraction of sp³-hybridized carbons (Fsp3) is 1.00. The summed E-state index contributed by atoms with van der Waals surface area (Å²) in [5.74, 6) is 0. The molecule has 0 aromatic heterocycles. The lowest BCUT2D eigenvalue weighted by Crippen LogP contribution is -2.62. The minimum Gasteiger partial charge on any atom is -0.394 e. The Bertz CT molecular complexity index is 316. The van der Waals surface area contributed by atoms with Crippen molar-refractivity contribution in [2.45, 2.75) is 108 Å². The molecule has 0 saturated carbocycles. The first-order valence-corrected chi connectivity index (χ1v) is 9.59. The van der Waals surface area contributed by atoms with Crippen LogP contribution in [0.4, 0.5) is 0 Å². The third kappa shape index (κ3) is 6.94. The molecular formula is C18H37NO5. The summed E-state index contributed by atoms with van der Waals surface area (Å²) >= 11 is 0. The standard InChI is InChI=1S/C18H37NO5/c1-2-3-4-5-6-7-8-9-10-11-13(19)18-17(23)16(22)15(21)14(12-20)24-18/h13-18,20-23H,2-12,19H2,1H3/t13?,14-,15-,16+,17+,18?/m1/s1. The van der Waals surface area contributed by atoms with Gasteiger partial charge in [-0.3, -0.25) is 0 Å². The van der Waals surface area contributed by atoms with E-state index >= 15 is 0 Å². The number of nitrogens with two attached hydrogens (primary N) is 1. The van der Waals surface area contributed by atoms with Gasteiger partial charge in [-0.1, -0.05) is 64.7 Å². The second-order valence-electron chi connectivity index (χ2n) is 7.07. The van der Waals surface area contributed by atoms with E-state index < -0.39 is 43.2 Å². The highest BCUT2D eigenvalue weighted by atomic mass is 16.5. The zero-order valence-electron chi connectivity index (χ0n) is 15.0. The fourth-order valence-electron chi connectivity index (χ4n) is 3.34. The third-order valence-electron chi connectivity index (χ3n) is 4.99. The summed E-state index contributed by atoms with van der Waals surface area (Å²) in [6.07, 6.45) is 6.21. The molecule has 1 rings (SSSR count). The van der Waals surface area contributed by atoms with Gasteiger partial charge in [0.1, 0.15) is 30.5 Å². The van der Waals surface area contributed by atoms with Gasteiger partial charge in [0.15, 0.2) is 0 Å². The zero-order chi connectivity index (χ0) is 17.9. The van der Waals surface area contributed by atoms with E-state index in [0.717, 1.165) is 12.8 Å². The lowest BCUT2D eigenvalue weighted by Gasteiger charge is -2.42. The molecule has 1 fully saturated rings. The Hall–Kier alpha value is -0.240. The van der Waals surface area contributed by atoms with E-state index in [1.807, 2.05) is 0 Å². The Labute approximate surface area is 146 Å². The summed E-state index contributed by atoms with van der Waals surface area (Å²) in [6.45, 7) is 1.81. The molecular weight excluding hydrogens is 310 g/mol. The number of rotatable bonds is 12. The molecule has 6 heteroatoms. The Morgan fingerprint density at radius 3 is 1.92 bits per heavy atom. The van der Waals surface area contributed by atoms with Crippen LogP contribution in [-0.2, 0) is 4.74 Å². The highest BCUT2D eigenvalue weighted by molar-refractivity contribution is 4.95. The van der Waals surface area contributed by atoms with Gasteiger partial charge < -0.3 is 30.9 Å². The topological polar surface area (TPSA) is 116 Å². The molecule has 1 heterocycles. The monoisotopic (exact) mass is 347 g/mol. The lowest BCUT2D eigenvalue weighted by atomic mass is 9.89. The first-order valence-electron chi connectivity index (χ1n) is 9.59. The molecule has 24 heavy (non-hydrogen) atoms.